The average Bonchev–Trinajstić information content (AvgIpc) is 2.53. The Morgan fingerprint density at radius 2 is 2.33 bits per heavy atom. The molecular formula is C11H12O4. The zero-order valence-electron chi connectivity index (χ0n) is 8.61. The van der Waals surface area contributed by atoms with Gasteiger partial charge in [-0.05, 0) is 12.1 Å². The van der Waals surface area contributed by atoms with Gasteiger partial charge in [0.05, 0.1) is 5.56 Å². The fraction of sp³-hybridized carbons (Fsp3) is 0.364. The molecule has 80 valence electrons. The summed E-state index contributed by atoms with van der Waals surface area (Å²) in [5.41, 5.74) is 1.21. The van der Waals surface area contributed by atoms with Gasteiger partial charge in [-0.2, -0.15) is 0 Å². The number of carboxylic acids is 1. The van der Waals surface area contributed by atoms with Crippen LogP contribution in [0.25, 0.3) is 0 Å². The van der Waals surface area contributed by atoms with Gasteiger partial charge in [0.1, 0.15) is 5.75 Å². The Morgan fingerprint density at radius 1 is 1.60 bits per heavy atom. The quantitative estimate of drug-likeness (QED) is 0.803. The predicted octanol–water partition coefficient (Wildman–Crippen LogP) is 1.68. The van der Waals surface area contributed by atoms with Gasteiger partial charge >= 0.3 is 5.97 Å². The van der Waals surface area contributed by atoms with Crippen molar-refractivity contribution in [3.63, 3.8) is 0 Å². The minimum Gasteiger partial charge on any atom is -0.478 e. The largest absolute Gasteiger partial charge is 0.478 e. The third-order valence-corrected chi connectivity index (χ3v) is 2.58. The zero-order valence-corrected chi connectivity index (χ0v) is 8.61. The van der Waals surface area contributed by atoms with Gasteiger partial charge in [-0.25, -0.2) is 4.79 Å². The molecule has 0 amide bonds. The molecule has 0 saturated heterocycles. The fourth-order valence-electron chi connectivity index (χ4n) is 1.66. The number of benzene rings is 1. The van der Waals surface area contributed by atoms with Crippen LogP contribution < -0.4 is 4.74 Å². The Morgan fingerprint density at radius 3 is 2.93 bits per heavy atom. The molecule has 0 bridgehead atoms. The van der Waals surface area contributed by atoms with Crippen LogP contribution in [-0.4, -0.2) is 24.0 Å². The second-order valence-electron chi connectivity index (χ2n) is 3.74. The lowest BCUT2D eigenvalue weighted by molar-refractivity contribution is -0.134. The maximum absolute atomic E-state index is 10.7. The second kappa shape index (κ2) is 3.24. The van der Waals surface area contributed by atoms with E-state index in [1.54, 1.807) is 19.2 Å². The molecule has 2 rings (SSSR count). The van der Waals surface area contributed by atoms with Crippen molar-refractivity contribution in [3.05, 3.63) is 29.3 Å². The number of aromatic carboxylic acids is 1. The molecule has 0 fully saturated rings. The first-order valence-corrected chi connectivity index (χ1v) is 4.64. The van der Waals surface area contributed by atoms with E-state index in [0.29, 0.717) is 12.2 Å². The Balaban J connectivity index is 2.35. The summed E-state index contributed by atoms with van der Waals surface area (Å²) in [5, 5.41) is 8.82. The molecule has 1 aromatic carbocycles. The van der Waals surface area contributed by atoms with Crippen LogP contribution in [-0.2, 0) is 11.2 Å². The fourth-order valence-corrected chi connectivity index (χ4v) is 1.66. The first-order chi connectivity index (χ1) is 7.04. The van der Waals surface area contributed by atoms with E-state index in [0.717, 1.165) is 5.56 Å². The molecule has 0 radical (unpaired) electrons. The second-order valence-corrected chi connectivity index (χ2v) is 3.74. The third kappa shape index (κ3) is 1.68. The topological polar surface area (TPSA) is 55.8 Å². The highest BCUT2D eigenvalue weighted by molar-refractivity contribution is 5.88. The average molecular weight is 208 g/mol. The number of carboxylic acid groups (broad SMARTS) is 1. The van der Waals surface area contributed by atoms with E-state index in [-0.39, 0.29) is 5.56 Å². The first-order valence-electron chi connectivity index (χ1n) is 4.64. The van der Waals surface area contributed by atoms with Crippen molar-refractivity contribution in [2.24, 2.45) is 0 Å². The predicted molar refractivity (Wildman–Crippen MR) is 53.1 cm³/mol. The summed E-state index contributed by atoms with van der Waals surface area (Å²) in [6, 6.07) is 4.87. The monoisotopic (exact) mass is 208 g/mol. The smallest absolute Gasteiger partial charge is 0.335 e. The molecule has 1 atom stereocenters. The molecule has 1 aromatic rings. The van der Waals surface area contributed by atoms with Gasteiger partial charge in [0.25, 0.3) is 0 Å². The van der Waals surface area contributed by atoms with E-state index in [9.17, 15) is 4.79 Å². The minimum atomic E-state index is -0.951. The molecule has 0 saturated carbocycles. The van der Waals surface area contributed by atoms with Crippen LogP contribution >= 0.6 is 0 Å². The summed E-state index contributed by atoms with van der Waals surface area (Å²) in [7, 11) is 1.57. The van der Waals surface area contributed by atoms with Gasteiger partial charge in [0.15, 0.2) is 0 Å². The highest BCUT2D eigenvalue weighted by Crippen LogP contribution is 2.35. The number of ether oxygens (including phenoxy) is 2. The van der Waals surface area contributed by atoms with Gasteiger partial charge in [-0.3, -0.25) is 0 Å². The van der Waals surface area contributed by atoms with E-state index >= 15 is 0 Å². The standard InChI is InChI=1S/C11H12O4/c1-11(14-2)6-8-4-3-7(10(12)13)5-9(8)15-11/h3-5H,6H2,1-2H3,(H,12,13). The summed E-state index contributed by atoms with van der Waals surface area (Å²) in [6.45, 7) is 1.83. The number of hydrogen-bond donors (Lipinski definition) is 1. The Hall–Kier alpha value is -1.55. The maximum Gasteiger partial charge on any atom is 0.335 e. The van der Waals surface area contributed by atoms with Crippen LogP contribution in [0.4, 0.5) is 0 Å². The van der Waals surface area contributed by atoms with Gasteiger partial charge in [-0.1, -0.05) is 6.07 Å². The SMILES string of the molecule is COC1(C)Cc2ccc(C(=O)O)cc2O1. The molecule has 4 nitrogen and oxygen atoms in total. The van der Waals surface area contributed by atoms with Crippen LogP contribution in [0.1, 0.15) is 22.8 Å². The molecule has 1 aliphatic rings. The van der Waals surface area contributed by atoms with E-state index < -0.39 is 11.8 Å². The molecular weight excluding hydrogens is 196 g/mol. The number of hydrogen-bond acceptors (Lipinski definition) is 3. The minimum absolute atomic E-state index is 0.231. The van der Waals surface area contributed by atoms with E-state index in [2.05, 4.69) is 0 Å². The Bertz CT molecular complexity index is 413. The van der Waals surface area contributed by atoms with Crippen molar-refractivity contribution in [1.29, 1.82) is 0 Å². The van der Waals surface area contributed by atoms with Crippen molar-refractivity contribution in [2.75, 3.05) is 7.11 Å². The Kier molecular flexibility index (Phi) is 2.16. The third-order valence-electron chi connectivity index (χ3n) is 2.58. The van der Waals surface area contributed by atoms with E-state index in [4.69, 9.17) is 14.6 Å². The van der Waals surface area contributed by atoms with E-state index in [1.807, 2.05) is 6.92 Å². The molecule has 0 spiro atoms. The summed E-state index contributed by atoms with van der Waals surface area (Å²) in [5.74, 6) is -1.02. The van der Waals surface area contributed by atoms with Crippen LogP contribution in [0.15, 0.2) is 18.2 Å². The molecule has 1 aliphatic heterocycles. The Labute approximate surface area is 87.4 Å². The first kappa shape index (κ1) is 9.98. The van der Waals surface area contributed by atoms with E-state index in [1.165, 1.54) is 6.07 Å². The lowest BCUT2D eigenvalue weighted by atomic mass is 10.1. The van der Waals surface area contributed by atoms with Crippen molar-refractivity contribution in [2.45, 2.75) is 19.1 Å². The van der Waals surface area contributed by atoms with Crippen LogP contribution in [0.2, 0.25) is 0 Å². The van der Waals surface area contributed by atoms with Gasteiger partial charge in [-0.15, -0.1) is 0 Å². The number of methoxy groups -OCH3 is 1. The van der Waals surface area contributed by atoms with Crippen molar-refractivity contribution >= 4 is 5.97 Å². The van der Waals surface area contributed by atoms with Crippen LogP contribution in [0, 0.1) is 0 Å². The van der Waals surface area contributed by atoms with Crippen LogP contribution in [0.3, 0.4) is 0 Å². The molecule has 1 unspecified atom stereocenters. The highest BCUT2D eigenvalue weighted by Gasteiger charge is 2.34. The molecule has 0 aromatic heterocycles. The summed E-state index contributed by atoms with van der Waals surface area (Å²) in [6.07, 6.45) is 0.638. The molecule has 1 heterocycles. The zero-order chi connectivity index (χ0) is 11.1. The molecule has 15 heavy (non-hydrogen) atoms. The summed E-state index contributed by atoms with van der Waals surface area (Å²) >= 11 is 0. The van der Waals surface area contributed by atoms with Crippen LogP contribution in [0.5, 0.6) is 5.75 Å². The van der Waals surface area contributed by atoms with Crippen molar-refractivity contribution < 1.29 is 19.4 Å². The molecule has 4 heteroatoms. The number of rotatable bonds is 2. The lowest BCUT2D eigenvalue weighted by Gasteiger charge is -2.21. The van der Waals surface area contributed by atoms with Gasteiger partial charge < -0.3 is 14.6 Å². The summed E-state index contributed by atoms with van der Waals surface area (Å²) < 4.78 is 10.8. The van der Waals surface area contributed by atoms with Gasteiger partial charge in [0.2, 0.25) is 5.79 Å². The normalized spacial score (nSPS) is 23.3. The number of fused-ring (bicyclic) bond motifs is 1. The molecule has 1 N–H and O–H groups in total. The molecule has 0 aliphatic carbocycles. The highest BCUT2D eigenvalue weighted by atomic mass is 16.7. The van der Waals surface area contributed by atoms with Gasteiger partial charge in [0, 0.05) is 26.0 Å². The summed E-state index contributed by atoms with van der Waals surface area (Å²) in [4.78, 5) is 10.7. The lowest BCUT2D eigenvalue weighted by Crippen LogP contribution is -2.32. The maximum atomic E-state index is 10.7. The van der Waals surface area contributed by atoms with Crippen molar-refractivity contribution in [1.82, 2.24) is 0 Å². The number of carbonyl (C=O) groups is 1. The van der Waals surface area contributed by atoms with Crippen molar-refractivity contribution in [3.8, 4) is 5.75 Å².